The van der Waals surface area contributed by atoms with Crippen molar-refractivity contribution in [3.63, 3.8) is 0 Å². The van der Waals surface area contributed by atoms with Crippen molar-refractivity contribution in [2.24, 2.45) is 5.92 Å². The summed E-state index contributed by atoms with van der Waals surface area (Å²) in [6.07, 6.45) is -0.338. The summed E-state index contributed by atoms with van der Waals surface area (Å²) in [7, 11) is 1.22. The highest BCUT2D eigenvalue weighted by molar-refractivity contribution is 5.99. The van der Waals surface area contributed by atoms with Crippen LogP contribution in [0.1, 0.15) is 47.5 Å². The van der Waals surface area contributed by atoms with Gasteiger partial charge in [-0.2, -0.15) is 0 Å². The number of rotatable bonds is 6. The van der Waals surface area contributed by atoms with Crippen LogP contribution in [0.25, 0.3) is 0 Å². The van der Waals surface area contributed by atoms with E-state index in [9.17, 15) is 14.4 Å². The molecule has 116 valence electrons. The first kappa shape index (κ1) is 18.4. The lowest BCUT2D eigenvalue weighted by Crippen LogP contribution is -2.47. The number of carbonyl (C=O) groups is 3. The smallest absolute Gasteiger partial charge is 0.408 e. The number of methoxy groups -OCH3 is 1. The van der Waals surface area contributed by atoms with Gasteiger partial charge in [0.25, 0.3) is 0 Å². The molecule has 0 aliphatic rings. The molecule has 0 radical (unpaired) electrons. The molecule has 0 aromatic heterocycles. The lowest BCUT2D eigenvalue weighted by atomic mass is 9.94. The van der Waals surface area contributed by atoms with Crippen molar-refractivity contribution in [1.29, 1.82) is 0 Å². The lowest BCUT2D eigenvalue weighted by molar-refractivity contribution is -0.144. The molecule has 0 aromatic rings. The zero-order chi connectivity index (χ0) is 15.9. The minimum atomic E-state index is -0.756. The molecule has 1 amide bonds. The summed E-state index contributed by atoms with van der Waals surface area (Å²) >= 11 is 0. The standard InChI is InChI=1S/C14H25NO5/c1-7-9(2)12(10(16)8-11(17)19-6)15-13(18)20-14(3,4)5/h9,12H,7-8H2,1-6H3,(H,15,18)/t9-,12+/m0/s1. The highest BCUT2D eigenvalue weighted by Gasteiger charge is 2.29. The number of amides is 1. The Morgan fingerprint density at radius 1 is 1.20 bits per heavy atom. The molecule has 0 heterocycles. The van der Waals surface area contributed by atoms with Crippen LogP contribution in [0.5, 0.6) is 0 Å². The van der Waals surface area contributed by atoms with Crippen LogP contribution in [0, 0.1) is 5.92 Å². The summed E-state index contributed by atoms with van der Waals surface area (Å²) in [4.78, 5) is 35.0. The van der Waals surface area contributed by atoms with E-state index in [4.69, 9.17) is 4.74 Å². The van der Waals surface area contributed by atoms with Crippen LogP contribution < -0.4 is 5.32 Å². The number of hydrogen-bond donors (Lipinski definition) is 1. The Balaban J connectivity index is 4.77. The SMILES string of the molecule is CC[C@H](C)[C@@H](NC(=O)OC(C)(C)C)C(=O)CC(=O)OC. The minimum absolute atomic E-state index is 0.0975. The van der Waals surface area contributed by atoms with Crippen molar-refractivity contribution >= 4 is 17.8 Å². The van der Waals surface area contributed by atoms with Crippen molar-refractivity contribution in [3.05, 3.63) is 0 Å². The normalized spacial score (nSPS) is 14.1. The van der Waals surface area contributed by atoms with Gasteiger partial charge in [-0.05, 0) is 26.7 Å². The number of nitrogens with one attached hydrogen (secondary N) is 1. The molecule has 0 aliphatic carbocycles. The van der Waals surface area contributed by atoms with Gasteiger partial charge in [-0.1, -0.05) is 20.3 Å². The lowest BCUT2D eigenvalue weighted by Gasteiger charge is -2.25. The van der Waals surface area contributed by atoms with E-state index in [1.54, 1.807) is 20.8 Å². The van der Waals surface area contributed by atoms with Crippen LogP contribution >= 0.6 is 0 Å². The zero-order valence-corrected chi connectivity index (χ0v) is 13.1. The maximum Gasteiger partial charge on any atom is 0.408 e. The molecular formula is C14H25NO5. The maximum absolute atomic E-state index is 12.0. The Hall–Kier alpha value is -1.59. The largest absolute Gasteiger partial charge is 0.469 e. The van der Waals surface area contributed by atoms with Crippen molar-refractivity contribution in [2.75, 3.05) is 7.11 Å². The summed E-state index contributed by atoms with van der Waals surface area (Å²) in [5, 5.41) is 2.53. The van der Waals surface area contributed by atoms with E-state index >= 15 is 0 Å². The van der Waals surface area contributed by atoms with E-state index in [-0.39, 0.29) is 18.1 Å². The van der Waals surface area contributed by atoms with Gasteiger partial charge in [-0.3, -0.25) is 9.59 Å². The molecule has 0 fully saturated rings. The molecule has 0 rings (SSSR count). The second kappa shape index (κ2) is 7.87. The molecule has 20 heavy (non-hydrogen) atoms. The molecule has 0 spiro atoms. The van der Waals surface area contributed by atoms with Gasteiger partial charge >= 0.3 is 12.1 Å². The molecule has 0 aromatic carbocycles. The van der Waals surface area contributed by atoms with E-state index in [0.29, 0.717) is 6.42 Å². The molecule has 0 saturated heterocycles. The molecule has 1 N–H and O–H groups in total. The number of Topliss-reactive ketones (excluding diaryl/α,β-unsaturated/α-hetero) is 1. The third-order valence-electron chi connectivity index (χ3n) is 2.78. The number of hydrogen-bond acceptors (Lipinski definition) is 5. The third kappa shape index (κ3) is 7.11. The van der Waals surface area contributed by atoms with E-state index in [2.05, 4.69) is 10.1 Å². The average Bonchev–Trinajstić information content (AvgIpc) is 2.32. The van der Waals surface area contributed by atoms with Gasteiger partial charge in [0, 0.05) is 0 Å². The third-order valence-corrected chi connectivity index (χ3v) is 2.78. The predicted molar refractivity (Wildman–Crippen MR) is 74.3 cm³/mol. The van der Waals surface area contributed by atoms with E-state index < -0.39 is 23.7 Å². The average molecular weight is 287 g/mol. The Bertz CT molecular complexity index is 359. The van der Waals surface area contributed by atoms with Crippen LogP contribution in [0.2, 0.25) is 0 Å². The minimum Gasteiger partial charge on any atom is -0.469 e. The van der Waals surface area contributed by atoms with Gasteiger partial charge in [0.1, 0.15) is 12.0 Å². The maximum atomic E-state index is 12.0. The Labute approximate surface area is 120 Å². The van der Waals surface area contributed by atoms with Crippen molar-refractivity contribution < 1.29 is 23.9 Å². The highest BCUT2D eigenvalue weighted by atomic mass is 16.6. The Morgan fingerprint density at radius 2 is 1.75 bits per heavy atom. The van der Waals surface area contributed by atoms with Gasteiger partial charge in [-0.25, -0.2) is 4.79 Å². The van der Waals surface area contributed by atoms with Gasteiger partial charge in [0.15, 0.2) is 5.78 Å². The first-order valence-electron chi connectivity index (χ1n) is 6.69. The second-order valence-corrected chi connectivity index (χ2v) is 5.73. The fraction of sp³-hybridized carbons (Fsp3) is 0.786. The number of ether oxygens (including phenoxy) is 2. The molecular weight excluding hydrogens is 262 g/mol. The fourth-order valence-electron chi connectivity index (χ4n) is 1.53. The number of alkyl carbamates (subject to hydrolysis) is 1. The van der Waals surface area contributed by atoms with Crippen molar-refractivity contribution in [2.45, 2.75) is 59.1 Å². The summed E-state index contributed by atoms with van der Waals surface area (Å²) in [6.45, 7) is 8.94. The van der Waals surface area contributed by atoms with Crippen molar-refractivity contribution in [3.8, 4) is 0 Å². The van der Waals surface area contributed by atoms with Gasteiger partial charge < -0.3 is 14.8 Å². The van der Waals surface area contributed by atoms with Crippen LogP contribution in [0.15, 0.2) is 0 Å². The van der Waals surface area contributed by atoms with Crippen LogP contribution in [0.4, 0.5) is 4.79 Å². The molecule has 0 unspecified atom stereocenters. The summed E-state index contributed by atoms with van der Waals surface area (Å²) < 4.78 is 9.59. The molecule has 0 bridgehead atoms. The van der Waals surface area contributed by atoms with Crippen LogP contribution in [-0.4, -0.2) is 36.6 Å². The molecule has 2 atom stereocenters. The van der Waals surface area contributed by atoms with E-state index in [0.717, 1.165) is 0 Å². The molecule has 0 saturated carbocycles. The van der Waals surface area contributed by atoms with Gasteiger partial charge in [-0.15, -0.1) is 0 Å². The number of ketones is 1. The Morgan fingerprint density at radius 3 is 2.15 bits per heavy atom. The van der Waals surface area contributed by atoms with Gasteiger partial charge in [0.05, 0.1) is 13.2 Å². The van der Waals surface area contributed by atoms with E-state index in [1.807, 2.05) is 13.8 Å². The van der Waals surface area contributed by atoms with Crippen LogP contribution in [0.3, 0.4) is 0 Å². The summed E-state index contributed by atoms with van der Waals surface area (Å²) in [5.74, 6) is -1.09. The summed E-state index contributed by atoms with van der Waals surface area (Å²) in [6, 6.07) is -0.756. The topological polar surface area (TPSA) is 81.7 Å². The number of carbonyl (C=O) groups excluding carboxylic acids is 3. The monoisotopic (exact) mass is 287 g/mol. The van der Waals surface area contributed by atoms with Gasteiger partial charge in [0.2, 0.25) is 0 Å². The number of esters is 1. The quantitative estimate of drug-likeness (QED) is 0.597. The highest BCUT2D eigenvalue weighted by Crippen LogP contribution is 2.13. The molecule has 6 heteroatoms. The second-order valence-electron chi connectivity index (χ2n) is 5.73. The summed E-state index contributed by atoms with van der Waals surface area (Å²) in [5.41, 5.74) is -0.643. The first-order chi connectivity index (χ1) is 9.10. The molecule has 0 aliphatic heterocycles. The first-order valence-corrected chi connectivity index (χ1v) is 6.69. The molecule has 6 nitrogen and oxygen atoms in total. The van der Waals surface area contributed by atoms with Crippen LogP contribution in [-0.2, 0) is 19.1 Å². The van der Waals surface area contributed by atoms with E-state index in [1.165, 1.54) is 7.11 Å². The fourth-order valence-corrected chi connectivity index (χ4v) is 1.53. The zero-order valence-electron chi connectivity index (χ0n) is 13.1. The Kier molecular flexibility index (Phi) is 7.24. The van der Waals surface area contributed by atoms with Crippen molar-refractivity contribution in [1.82, 2.24) is 5.32 Å². The predicted octanol–water partition coefficient (Wildman–Crippen LogP) is 2.06.